The highest BCUT2D eigenvalue weighted by Crippen LogP contribution is 1.97. The van der Waals surface area contributed by atoms with E-state index in [1.54, 1.807) is 0 Å². The van der Waals surface area contributed by atoms with Crippen LogP contribution < -0.4 is 5.32 Å². The van der Waals surface area contributed by atoms with Gasteiger partial charge in [0.25, 0.3) is 0 Å². The van der Waals surface area contributed by atoms with Gasteiger partial charge in [-0.2, -0.15) is 0 Å². The van der Waals surface area contributed by atoms with Gasteiger partial charge in [0.2, 0.25) is 0 Å². The molecule has 0 aliphatic heterocycles. The first-order valence-corrected chi connectivity index (χ1v) is 4.14. The van der Waals surface area contributed by atoms with E-state index in [2.05, 4.69) is 18.5 Å². The normalized spacial score (nSPS) is 10.8. The van der Waals surface area contributed by atoms with Crippen LogP contribution in [0.3, 0.4) is 0 Å². The maximum absolute atomic E-state index is 3.86. The quantitative estimate of drug-likeness (QED) is 0.468. The standard InChI is InChI=1S/C11H17N/c1-4-6-8-10-12-11(3)9-7-5-2/h4-6,8,10,12H,2-3,7,9H2,1H3/b6-4-,10-8+. The number of rotatable bonds is 6. The maximum atomic E-state index is 3.86. The Balaban J connectivity index is 3.49. The van der Waals surface area contributed by atoms with Gasteiger partial charge >= 0.3 is 0 Å². The molecule has 1 nitrogen and oxygen atoms in total. The highest BCUT2D eigenvalue weighted by molar-refractivity contribution is 5.05. The Morgan fingerprint density at radius 2 is 2.17 bits per heavy atom. The molecule has 0 aromatic carbocycles. The molecule has 0 radical (unpaired) electrons. The Morgan fingerprint density at radius 3 is 2.75 bits per heavy atom. The van der Waals surface area contributed by atoms with Crippen LogP contribution in [0.2, 0.25) is 0 Å². The lowest BCUT2D eigenvalue weighted by molar-refractivity contribution is 0.890. The third-order valence-corrected chi connectivity index (χ3v) is 1.34. The largest absolute Gasteiger partial charge is 0.365 e. The first kappa shape index (κ1) is 10.8. The van der Waals surface area contributed by atoms with E-state index in [0.29, 0.717) is 0 Å². The predicted molar refractivity (Wildman–Crippen MR) is 55.7 cm³/mol. The minimum Gasteiger partial charge on any atom is -0.365 e. The second kappa shape index (κ2) is 7.86. The van der Waals surface area contributed by atoms with Gasteiger partial charge in [-0.1, -0.05) is 24.8 Å². The zero-order valence-electron chi connectivity index (χ0n) is 7.72. The van der Waals surface area contributed by atoms with Crippen LogP contribution in [0, 0.1) is 0 Å². The van der Waals surface area contributed by atoms with Crippen molar-refractivity contribution in [1.29, 1.82) is 0 Å². The Labute approximate surface area is 75.2 Å². The monoisotopic (exact) mass is 163 g/mol. The van der Waals surface area contributed by atoms with Crippen molar-refractivity contribution >= 4 is 0 Å². The van der Waals surface area contributed by atoms with E-state index in [1.807, 2.05) is 37.4 Å². The first-order chi connectivity index (χ1) is 5.81. The summed E-state index contributed by atoms with van der Waals surface area (Å²) < 4.78 is 0. The summed E-state index contributed by atoms with van der Waals surface area (Å²) in [4.78, 5) is 0. The van der Waals surface area contributed by atoms with Gasteiger partial charge in [0.15, 0.2) is 0 Å². The summed E-state index contributed by atoms with van der Waals surface area (Å²) in [5, 5.41) is 3.08. The molecular formula is C11H17N. The molecule has 66 valence electrons. The molecule has 0 aliphatic carbocycles. The van der Waals surface area contributed by atoms with Crippen LogP contribution in [0.15, 0.2) is 49.4 Å². The molecule has 0 heterocycles. The van der Waals surface area contributed by atoms with Crippen LogP contribution in [0.25, 0.3) is 0 Å². The summed E-state index contributed by atoms with van der Waals surface area (Å²) >= 11 is 0. The van der Waals surface area contributed by atoms with Crippen LogP contribution >= 0.6 is 0 Å². The lowest BCUT2D eigenvalue weighted by Crippen LogP contribution is -2.02. The van der Waals surface area contributed by atoms with E-state index in [1.165, 1.54) is 0 Å². The fraction of sp³-hybridized carbons (Fsp3) is 0.273. The highest BCUT2D eigenvalue weighted by Gasteiger charge is 1.85. The number of allylic oxidation sites excluding steroid dienone is 5. The van der Waals surface area contributed by atoms with E-state index in [4.69, 9.17) is 0 Å². The number of hydrogen-bond acceptors (Lipinski definition) is 1. The molecule has 0 bridgehead atoms. The molecular weight excluding hydrogens is 146 g/mol. The molecule has 1 heteroatoms. The van der Waals surface area contributed by atoms with Crippen molar-refractivity contribution in [2.24, 2.45) is 0 Å². The van der Waals surface area contributed by atoms with Crippen molar-refractivity contribution < 1.29 is 0 Å². The number of nitrogens with one attached hydrogen (secondary N) is 1. The number of hydrogen-bond donors (Lipinski definition) is 1. The lowest BCUT2D eigenvalue weighted by Gasteiger charge is -2.01. The van der Waals surface area contributed by atoms with E-state index >= 15 is 0 Å². The molecule has 0 fully saturated rings. The average molecular weight is 163 g/mol. The molecule has 0 aliphatic rings. The molecule has 0 unspecified atom stereocenters. The summed E-state index contributed by atoms with van der Waals surface area (Å²) in [5.41, 5.74) is 1.02. The fourth-order valence-corrected chi connectivity index (χ4v) is 0.681. The summed E-state index contributed by atoms with van der Waals surface area (Å²) in [5.74, 6) is 0. The minimum atomic E-state index is 0.948. The van der Waals surface area contributed by atoms with Gasteiger partial charge in [0.05, 0.1) is 0 Å². The van der Waals surface area contributed by atoms with Crippen molar-refractivity contribution in [1.82, 2.24) is 5.32 Å². The summed E-state index contributed by atoms with van der Waals surface area (Å²) in [7, 11) is 0. The molecule has 0 saturated carbocycles. The third kappa shape index (κ3) is 6.87. The van der Waals surface area contributed by atoms with Crippen molar-refractivity contribution in [2.45, 2.75) is 19.8 Å². The van der Waals surface area contributed by atoms with Crippen LogP contribution in [0.5, 0.6) is 0 Å². The van der Waals surface area contributed by atoms with E-state index in [0.717, 1.165) is 18.5 Å². The fourth-order valence-electron chi connectivity index (χ4n) is 0.681. The third-order valence-electron chi connectivity index (χ3n) is 1.34. The van der Waals surface area contributed by atoms with Crippen LogP contribution in [0.4, 0.5) is 0 Å². The van der Waals surface area contributed by atoms with Gasteiger partial charge < -0.3 is 5.32 Å². The molecule has 0 spiro atoms. The average Bonchev–Trinajstić information content (AvgIpc) is 2.09. The zero-order valence-corrected chi connectivity index (χ0v) is 7.72. The summed E-state index contributed by atoms with van der Waals surface area (Å²) in [6, 6.07) is 0. The minimum absolute atomic E-state index is 0.948. The van der Waals surface area contributed by atoms with Crippen molar-refractivity contribution in [3.63, 3.8) is 0 Å². The van der Waals surface area contributed by atoms with Crippen LogP contribution in [-0.2, 0) is 0 Å². The van der Waals surface area contributed by atoms with Crippen molar-refractivity contribution in [3.05, 3.63) is 49.4 Å². The lowest BCUT2D eigenvalue weighted by atomic mass is 10.2. The molecule has 1 N–H and O–H groups in total. The zero-order chi connectivity index (χ0) is 9.23. The molecule has 12 heavy (non-hydrogen) atoms. The summed E-state index contributed by atoms with van der Waals surface area (Å²) in [6.45, 7) is 9.48. The topological polar surface area (TPSA) is 12.0 Å². The Hall–Kier alpha value is -1.24. The molecule has 0 rings (SSSR count). The second-order valence-electron chi connectivity index (χ2n) is 2.46. The molecule has 0 saturated heterocycles. The van der Waals surface area contributed by atoms with Gasteiger partial charge in [-0.05, 0) is 25.8 Å². The van der Waals surface area contributed by atoms with E-state index < -0.39 is 0 Å². The predicted octanol–water partition coefficient (Wildman–Crippen LogP) is 3.15. The Kier molecular flexibility index (Phi) is 7.05. The van der Waals surface area contributed by atoms with E-state index in [9.17, 15) is 0 Å². The Bertz CT molecular complexity index is 187. The van der Waals surface area contributed by atoms with Gasteiger partial charge in [-0.15, -0.1) is 6.58 Å². The molecule has 0 amide bonds. The first-order valence-electron chi connectivity index (χ1n) is 4.14. The smallest absolute Gasteiger partial charge is 0.00764 e. The van der Waals surface area contributed by atoms with Crippen LogP contribution in [0.1, 0.15) is 19.8 Å². The van der Waals surface area contributed by atoms with Gasteiger partial charge in [0.1, 0.15) is 0 Å². The van der Waals surface area contributed by atoms with Crippen LogP contribution in [-0.4, -0.2) is 0 Å². The Morgan fingerprint density at radius 1 is 1.42 bits per heavy atom. The second-order valence-corrected chi connectivity index (χ2v) is 2.46. The molecule has 0 aromatic rings. The molecule has 0 aromatic heterocycles. The molecule has 0 atom stereocenters. The SMILES string of the molecule is C=CCCC(=C)N/C=C/C=C\C. The van der Waals surface area contributed by atoms with Gasteiger partial charge in [-0.25, -0.2) is 0 Å². The van der Waals surface area contributed by atoms with Gasteiger partial charge in [0, 0.05) is 11.9 Å². The highest BCUT2D eigenvalue weighted by atomic mass is 14.8. The summed E-state index contributed by atoms with van der Waals surface area (Å²) in [6.07, 6.45) is 11.6. The van der Waals surface area contributed by atoms with Crippen molar-refractivity contribution in [2.75, 3.05) is 0 Å². The maximum Gasteiger partial charge on any atom is 0.00764 e. The van der Waals surface area contributed by atoms with Crippen molar-refractivity contribution in [3.8, 4) is 0 Å². The van der Waals surface area contributed by atoms with E-state index in [-0.39, 0.29) is 0 Å². The van der Waals surface area contributed by atoms with Gasteiger partial charge in [-0.3, -0.25) is 0 Å².